The highest BCUT2D eigenvalue weighted by Gasteiger charge is 2.41. The second-order valence-electron chi connectivity index (χ2n) is 4.13. The van der Waals surface area contributed by atoms with Crippen LogP contribution in [0.15, 0.2) is 0 Å². The average molecular weight is 275 g/mol. The van der Waals surface area contributed by atoms with Crippen molar-refractivity contribution in [3.63, 3.8) is 0 Å². The molecule has 8 nitrogen and oxygen atoms in total. The first-order valence-electron chi connectivity index (χ1n) is 5.76. The molecule has 1 aliphatic heterocycles. The van der Waals surface area contributed by atoms with Gasteiger partial charge in [0.25, 0.3) is 5.91 Å². The van der Waals surface area contributed by atoms with E-state index in [4.69, 9.17) is 0 Å². The Labute approximate surface area is 109 Å². The Morgan fingerprint density at radius 1 is 1.16 bits per heavy atom. The fourth-order valence-corrected chi connectivity index (χ4v) is 1.97. The molecule has 3 atom stereocenters. The molecule has 1 amide bonds. The molecule has 0 radical (unpaired) electrons. The molecule has 0 aromatic rings. The zero-order chi connectivity index (χ0) is 14.6. The SMILES string of the molecule is COC(=O)[C@H](O)[C@@H](O)C(=O)N1CCC[C@H]1C(=O)OC. The molecule has 0 aliphatic carbocycles. The van der Waals surface area contributed by atoms with Gasteiger partial charge in [0.1, 0.15) is 6.04 Å². The van der Waals surface area contributed by atoms with Gasteiger partial charge >= 0.3 is 11.9 Å². The van der Waals surface area contributed by atoms with E-state index in [1.807, 2.05) is 0 Å². The number of amides is 1. The van der Waals surface area contributed by atoms with Crippen molar-refractivity contribution >= 4 is 17.8 Å². The van der Waals surface area contributed by atoms with Crippen molar-refractivity contribution < 1.29 is 34.1 Å². The van der Waals surface area contributed by atoms with Crippen molar-refractivity contribution in [3.8, 4) is 0 Å². The molecular formula is C11H17NO7. The average Bonchev–Trinajstić information content (AvgIpc) is 2.92. The number of carbonyl (C=O) groups excluding carboxylic acids is 3. The maximum absolute atomic E-state index is 11.9. The molecule has 1 fully saturated rings. The third-order valence-electron chi connectivity index (χ3n) is 3.00. The molecule has 1 heterocycles. The van der Waals surface area contributed by atoms with E-state index < -0.39 is 36.1 Å². The summed E-state index contributed by atoms with van der Waals surface area (Å²) < 4.78 is 8.78. The first-order chi connectivity index (χ1) is 8.93. The zero-order valence-electron chi connectivity index (χ0n) is 10.7. The smallest absolute Gasteiger partial charge is 0.338 e. The molecule has 2 N–H and O–H groups in total. The Hall–Kier alpha value is -1.67. The van der Waals surface area contributed by atoms with E-state index in [0.717, 1.165) is 12.0 Å². The van der Waals surface area contributed by atoms with Gasteiger partial charge in [-0.15, -0.1) is 0 Å². The summed E-state index contributed by atoms with van der Waals surface area (Å²) in [7, 11) is 2.22. The summed E-state index contributed by atoms with van der Waals surface area (Å²) in [4.78, 5) is 35.5. The van der Waals surface area contributed by atoms with Crippen LogP contribution < -0.4 is 0 Å². The van der Waals surface area contributed by atoms with Crippen molar-refractivity contribution in [3.05, 3.63) is 0 Å². The molecule has 0 unspecified atom stereocenters. The molecule has 0 bridgehead atoms. The van der Waals surface area contributed by atoms with Gasteiger partial charge in [-0.2, -0.15) is 0 Å². The van der Waals surface area contributed by atoms with Gasteiger partial charge < -0.3 is 24.6 Å². The van der Waals surface area contributed by atoms with E-state index in [9.17, 15) is 24.6 Å². The summed E-state index contributed by atoms with van der Waals surface area (Å²) in [5, 5.41) is 19.0. The molecule has 19 heavy (non-hydrogen) atoms. The highest BCUT2D eigenvalue weighted by molar-refractivity contribution is 5.91. The van der Waals surface area contributed by atoms with E-state index in [1.54, 1.807) is 0 Å². The fourth-order valence-electron chi connectivity index (χ4n) is 1.97. The van der Waals surface area contributed by atoms with Crippen LogP contribution in [0.1, 0.15) is 12.8 Å². The fraction of sp³-hybridized carbons (Fsp3) is 0.727. The van der Waals surface area contributed by atoms with E-state index in [0.29, 0.717) is 12.8 Å². The number of methoxy groups -OCH3 is 2. The van der Waals surface area contributed by atoms with Crippen LogP contribution in [0.4, 0.5) is 0 Å². The minimum Gasteiger partial charge on any atom is -0.467 e. The molecule has 0 aromatic carbocycles. The van der Waals surface area contributed by atoms with Crippen molar-refractivity contribution in [1.29, 1.82) is 0 Å². The van der Waals surface area contributed by atoms with Crippen LogP contribution in [0.5, 0.6) is 0 Å². The topological polar surface area (TPSA) is 113 Å². The third kappa shape index (κ3) is 3.21. The van der Waals surface area contributed by atoms with Crippen LogP contribution in [0.2, 0.25) is 0 Å². The number of esters is 2. The minimum absolute atomic E-state index is 0.254. The number of hydrogen-bond donors (Lipinski definition) is 2. The number of aliphatic hydroxyl groups is 2. The van der Waals surface area contributed by atoms with Crippen LogP contribution in [0, 0.1) is 0 Å². The Balaban J connectivity index is 2.76. The molecule has 1 aliphatic rings. The first-order valence-corrected chi connectivity index (χ1v) is 5.76. The van der Waals surface area contributed by atoms with Crippen LogP contribution in [-0.4, -0.2) is 72.0 Å². The van der Waals surface area contributed by atoms with E-state index in [2.05, 4.69) is 9.47 Å². The Morgan fingerprint density at radius 3 is 2.32 bits per heavy atom. The van der Waals surface area contributed by atoms with Gasteiger partial charge in [-0.1, -0.05) is 0 Å². The van der Waals surface area contributed by atoms with Gasteiger partial charge in [0, 0.05) is 6.54 Å². The number of nitrogens with zero attached hydrogens (tertiary/aromatic N) is 1. The molecule has 8 heteroatoms. The second kappa shape index (κ2) is 6.48. The summed E-state index contributed by atoms with van der Waals surface area (Å²) in [6.45, 7) is 0.254. The van der Waals surface area contributed by atoms with Crippen LogP contribution >= 0.6 is 0 Å². The number of likely N-dealkylation sites (tertiary alicyclic amines) is 1. The maximum atomic E-state index is 11.9. The molecule has 1 saturated heterocycles. The predicted octanol–water partition coefficient (Wildman–Crippen LogP) is -1.95. The highest BCUT2D eigenvalue weighted by atomic mass is 16.5. The molecule has 108 valence electrons. The van der Waals surface area contributed by atoms with Gasteiger partial charge in [0.05, 0.1) is 14.2 Å². The lowest BCUT2D eigenvalue weighted by Gasteiger charge is -2.26. The Morgan fingerprint density at radius 2 is 1.79 bits per heavy atom. The number of ether oxygens (including phenoxy) is 2. The van der Waals surface area contributed by atoms with Gasteiger partial charge in [-0.25, -0.2) is 9.59 Å². The van der Waals surface area contributed by atoms with E-state index in [-0.39, 0.29) is 6.54 Å². The Bertz CT molecular complexity index is 370. The first kappa shape index (κ1) is 15.4. The summed E-state index contributed by atoms with van der Waals surface area (Å²) >= 11 is 0. The van der Waals surface area contributed by atoms with Gasteiger partial charge in [0.15, 0.2) is 12.2 Å². The lowest BCUT2D eigenvalue weighted by molar-refractivity contribution is -0.166. The molecule has 0 saturated carbocycles. The van der Waals surface area contributed by atoms with Crippen molar-refractivity contribution in [1.82, 2.24) is 4.90 Å². The van der Waals surface area contributed by atoms with Gasteiger partial charge in [0.2, 0.25) is 0 Å². The van der Waals surface area contributed by atoms with Crippen molar-refractivity contribution in [2.45, 2.75) is 31.1 Å². The predicted molar refractivity (Wildman–Crippen MR) is 60.8 cm³/mol. The highest BCUT2D eigenvalue weighted by Crippen LogP contribution is 2.20. The number of rotatable bonds is 4. The minimum atomic E-state index is -1.98. The van der Waals surface area contributed by atoms with Gasteiger partial charge in [-0.3, -0.25) is 4.79 Å². The molecular weight excluding hydrogens is 258 g/mol. The summed E-state index contributed by atoms with van der Waals surface area (Å²) in [5.41, 5.74) is 0. The normalized spacial score (nSPS) is 21.7. The van der Waals surface area contributed by atoms with E-state index in [1.165, 1.54) is 7.11 Å². The monoisotopic (exact) mass is 275 g/mol. The summed E-state index contributed by atoms with van der Waals surface area (Å²) in [6, 6.07) is -0.794. The second-order valence-corrected chi connectivity index (χ2v) is 4.13. The zero-order valence-corrected chi connectivity index (χ0v) is 10.7. The number of carbonyl (C=O) groups is 3. The summed E-state index contributed by atoms with van der Waals surface area (Å²) in [5.74, 6) is -2.61. The molecule has 0 aromatic heterocycles. The van der Waals surface area contributed by atoms with Crippen LogP contribution in [0.3, 0.4) is 0 Å². The standard InChI is InChI=1S/C11H17NO7/c1-18-10(16)6-4-3-5-12(6)9(15)7(13)8(14)11(17)19-2/h6-8,13-14H,3-5H2,1-2H3/t6-,7+,8+/m0/s1. The van der Waals surface area contributed by atoms with Crippen LogP contribution in [-0.2, 0) is 23.9 Å². The van der Waals surface area contributed by atoms with E-state index >= 15 is 0 Å². The van der Waals surface area contributed by atoms with Crippen molar-refractivity contribution in [2.75, 3.05) is 20.8 Å². The lowest BCUT2D eigenvalue weighted by atomic mass is 10.1. The largest absolute Gasteiger partial charge is 0.467 e. The molecule has 1 rings (SSSR count). The maximum Gasteiger partial charge on any atom is 0.338 e. The Kier molecular flexibility index (Phi) is 5.25. The molecule has 0 spiro atoms. The lowest BCUT2D eigenvalue weighted by Crippen LogP contribution is -2.51. The number of aliphatic hydroxyl groups excluding tert-OH is 2. The summed E-state index contributed by atoms with van der Waals surface area (Å²) in [6.07, 6.45) is -2.94. The number of hydrogen-bond acceptors (Lipinski definition) is 7. The quantitative estimate of drug-likeness (QED) is 0.573. The third-order valence-corrected chi connectivity index (χ3v) is 3.00. The van der Waals surface area contributed by atoms with Gasteiger partial charge in [-0.05, 0) is 12.8 Å². The van der Waals surface area contributed by atoms with Crippen LogP contribution in [0.25, 0.3) is 0 Å². The van der Waals surface area contributed by atoms with Crippen molar-refractivity contribution in [2.24, 2.45) is 0 Å².